The Balaban J connectivity index is 1.48. The van der Waals surface area contributed by atoms with E-state index in [0.29, 0.717) is 12.1 Å². The van der Waals surface area contributed by atoms with Gasteiger partial charge in [-0.3, -0.25) is 4.79 Å². The number of carbonyl (C=O) groups excluding carboxylic acids is 1. The SMILES string of the molecule is CCCc1ncncc1C(=O)NCCCN1CCc2ccccc21. The second-order valence-electron chi connectivity index (χ2n) is 6.11. The number of carbonyl (C=O) groups is 1. The van der Waals surface area contributed by atoms with Crippen molar-refractivity contribution < 1.29 is 4.79 Å². The molecule has 0 saturated carbocycles. The van der Waals surface area contributed by atoms with E-state index in [9.17, 15) is 4.79 Å². The summed E-state index contributed by atoms with van der Waals surface area (Å²) in [5.74, 6) is -0.0686. The summed E-state index contributed by atoms with van der Waals surface area (Å²) in [6.07, 6.45) is 6.93. The molecule has 5 heteroatoms. The van der Waals surface area contributed by atoms with Crippen molar-refractivity contribution in [2.45, 2.75) is 32.6 Å². The molecule has 1 amide bonds. The largest absolute Gasteiger partial charge is 0.371 e. The smallest absolute Gasteiger partial charge is 0.254 e. The van der Waals surface area contributed by atoms with Crippen molar-refractivity contribution in [3.63, 3.8) is 0 Å². The predicted molar refractivity (Wildman–Crippen MR) is 95.3 cm³/mol. The van der Waals surface area contributed by atoms with Crippen LogP contribution in [0.1, 0.15) is 41.4 Å². The monoisotopic (exact) mass is 324 g/mol. The van der Waals surface area contributed by atoms with Crippen LogP contribution in [0.4, 0.5) is 5.69 Å². The normalized spacial score (nSPS) is 13.0. The summed E-state index contributed by atoms with van der Waals surface area (Å²) >= 11 is 0. The lowest BCUT2D eigenvalue weighted by Gasteiger charge is -2.19. The summed E-state index contributed by atoms with van der Waals surface area (Å²) in [6, 6.07) is 8.56. The molecule has 0 aliphatic carbocycles. The van der Waals surface area contributed by atoms with E-state index in [1.165, 1.54) is 17.6 Å². The van der Waals surface area contributed by atoms with Gasteiger partial charge in [0.2, 0.25) is 0 Å². The minimum atomic E-state index is -0.0686. The molecule has 5 nitrogen and oxygen atoms in total. The van der Waals surface area contributed by atoms with Gasteiger partial charge < -0.3 is 10.2 Å². The molecule has 0 unspecified atom stereocenters. The van der Waals surface area contributed by atoms with Gasteiger partial charge in [-0.25, -0.2) is 9.97 Å². The zero-order valence-corrected chi connectivity index (χ0v) is 14.2. The van der Waals surface area contributed by atoms with Crippen molar-refractivity contribution in [1.29, 1.82) is 0 Å². The zero-order chi connectivity index (χ0) is 16.8. The number of rotatable bonds is 7. The van der Waals surface area contributed by atoms with E-state index in [2.05, 4.69) is 51.4 Å². The molecule has 1 aliphatic heterocycles. The lowest BCUT2D eigenvalue weighted by atomic mass is 10.1. The van der Waals surface area contributed by atoms with Crippen LogP contribution in [0.3, 0.4) is 0 Å². The number of hydrogen-bond acceptors (Lipinski definition) is 4. The summed E-state index contributed by atoms with van der Waals surface area (Å²) < 4.78 is 0. The first-order valence-corrected chi connectivity index (χ1v) is 8.69. The summed E-state index contributed by atoms with van der Waals surface area (Å²) in [7, 11) is 0. The molecule has 1 aromatic carbocycles. The predicted octanol–water partition coefficient (Wildman–Crippen LogP) is 2.61. The van der Waals surface area contributed by atoms with Gasteiger partial charge >= 0.3 is 0 Å². The van der Waals surface area contributed by atoms with E-state index in [4.69, 9.17) is 0 Å². The van der Waals surface area contributed by atoms with Crippen LogP contribution in [0.2, 0.25) is 0 Å². The highest BCUT2D eigenvalue weighted by atomic mass is 16.1. The Morgan fingerprint density at radius 3 is 3.08 bits per heavy atom. The first-order valence-electron chi connectivity index (χ1n) is 8.69. The molecule has 0 bridgehead atoms. The van der Waals surface area contributed by atoms with Crippen molar-refractivity contribution in [1.82, 2.24) is 15.3 Å². The second-order valence-corrected chi connectivity index (χ2v) is 6.11. The van der Waals surface area contributed by atoms with Crippen LogP contribution in [-0.2, 0) is 12.8 Å². The highest BCUT2D eigenvalue weighted by molar-refractivity contribution is 5.94. The van der Waals surface area contributed by atoms with Gasteiger partial charge in [0.1, 0.15) is 6.33 Å². The zero-order valence-electron chi connectivity index (χ0n) is 14.2. The van der Waals surface area contributed by atoms with Gasteiger partial charge in [-0.1, -0.05) is 31.5 Å². The van der Waals surface area contributed by atoms with Crippen LogP contribution in [-0.4, -0.2) is 35.5 Å². The minimum Gasteiger partial charge on any atom is -0.371 e. The average Bonchev–Trinajstić information content (AvgIpc) is 3.02. The molecule has 1 N–H and O–H groups in total. The number of aryl methyl sites for hydroxylation is 1. The van der Waals surface area contributed by atoms with Crippen LogP contribution < -0.4 is 10.2 Å². The quantitative estimate of drug-likeness (QED) is 0.796. The average molecular weight is 324 g/mol. The maximum atomic E-state index is 12.3. The highest BCUT2D eigenvalue weighted by Gasteiger charge is 2.17. The standard InChI is InChI=1S/C19H24N4O/c1-2-6-17-16(13-20-14-22-17)19(24)21-10-5-11-23-12-9-15-7-3-4-8-18(15)23/h3-4,7-8,13-14H,2,5-6,9-12H2,1H3,(H,21,24). The molecular weight excluding hydrogens is 300 g/mol. The third-order valence-corrected chi connectivity index (χ3v) is 4.40. The van der Waals surface area contributed by atoms with Crippen LogP contribution in [0.25, 0.3) is 0 Å². The number of anilines is 1. The number of nitrogens with one attached hydrogen (secondary N) is 1. The molecule has 0 atom stereocenters. The van der Waals surface area contributed by atoms with E-state index in [1.54, 1.807) is 6.20 Å². The number of para-hydroxylation sites is 1. The Morgan fingerprint density at radius 2 is 2.21 bits per heavy atom. The van der Waals surface area contributed by atoms with Gasteiger partial charge in [0.05, 0.1) is 11.3 Å². The van der Waals surface area contributed by atoms with Crippen molar-refractivity contribution >= 4 is 11.6 Å². The second kappa shape index (κ2) is 7.90. The maximum Gasteiger partial charge on any atom is 0.254 e. The first kappa shape index (κ1) is 16.4. The number of nitrogens with zero attached hydrogens (tertiary/aromatic N) is 3. The molecule has 0 radical (unpaired) electrons. The maximum absolute atomic E-state index is 12.3. The molecule has 0 fully saturated rings. The van der Waals surface area contributed by atoms with Gasteiger partial charge in [0.25, 0.3) is 5.91 Å². The van der Waals surface area contributed by atoms with Crippen LogP contribution in [0.5, 0.6) is 0 Å². The third kappa shape index (κ3) is 3.72. The van der Waals surface area contributed by atoms with Gasteiger partial charge in [-0.2, -0.15) is 0 Å². The van der Waals surface area contributed by atoms with E-state index in [0.717, 1.165) is 44.5 Å². The van der Waals surface area contributed by atoms with E-state index >= 15 is 0 Å². The molecule has 0 spiro atoms. The van der Waals surface area contributed by atoms with Crippen LogP contribution in [0.15, 0.2) is 36.8 Å². The molecule has 0 saturated heterocycles. The molecular formula is C19H24N4O. The van der Waals surface area contributed by atoms with Crippen molar-refractivity contribution in [2.75, 3.05) is 24.5 Å². The lowest BCUT2D eigenvalue weighted by Crippen LogP contribution is -2.30. The molecule has 2 heterocycles. The van der Waals surface area contributed by atoms with Crippen molar-refractivity contribution in [3.05, 3.63) is 53.6 Å². The molecule has 1 aliphatic rings. The fourth-order valence-electron chi connectivity index (χ4n) is 3.19. The van der Waals surface area contributed by atoms with Crippen molar-refractivity contribution in [3.8, 4) is 0 Å². The van der Waals surface area contributed by atoms with Gasteiger partial charge in [0.15, 0.2) is 0 Å². The fourth-order valence-corrected chi connectivity index (χ4v) is 3.19. The lowest BCUT2D eigenvalue weighted by molar-refractivity contribution is 0.0951. The number of aromatic nitrogens is 2. The minimum absolute atomic E-state index is 0.0686. The molecule has 3 rings (SSSR count). The number of benzene rings is 1. The third-order valence-electron chi connectivity index (χ3n) is 4.40. The fraction of sp³-hybridized carbons (Fsp3) is 0.421. The Morgan fingerprint density at radius 1 is 1.33 bits per heavy atom. The number of fused-ring (bicyclic) bond motifs is 1. The Labute approximate surface area is 143 Å². The summed E-state index contributed by atoms with van der Waals surface area (Å²) in [5.41, 5.74) is 4.20. The van der Waals surface area contributed by atoms with Gasteiger partial charge in [0, 0.05) is 31.5 Å². The molecule has 2 aromatic rings. The van der Waals surface area contributed by atoms with E-state index in [1.807, 2.05) is 0 Å². The Kier molecular flexibility index (Phi) is 5.41. The van der Waals surface area contributed by atoms with Crippen LogP contribution in [0, 0.1) is 0 Å². The van der Waals surface area contributed by atoms with Crippen molar-refractivity contribution in [2.24, 2.45) is 0 Å². The Bertz CT molecular complexity index is 701. The van der Waals surface area contributed by atoms with E-state index < -0.39 is 0 Å². The molecule has 126 valence electrons. The van der Waals surface area contributed by atoms with Gasteiger partial charge in [-0.15, -0.1) is 0 Å². The Hall–Kier alpha value is -2.43. The highest BCUT2D eigenvalue weighted by Crippen LogP contribution is 2.27. The molecule has 1 aromatic heterocycles. The van der Waals surface area contributed by atoms with Gasteiger partial charge in [-0.05, 0) is 30.9 Å². The van der Waals surface area contributed by atoms with Crippen LogP contribution >= 0.6 is 0 Å². The summed E-state index contributed by atoms with van der Waals surface area (Å²) in [6.45, 7) is 4.78. The molecule has 24 heavy (non-hydrogen) atoms. The van der Waals surface area contributed by atoms with E-state index in [-0.39, 0.29) is 5.91 Å². The number of amides is 1. The first-order chi connectivity index (χ1) is 11.8. The number of hydrogen-bond donors (Lipinski definition) is 1. The summed E-state index contributed by atoms with van der Waals surface area (Å²) in [4.78, 5) is 22.9. The summed E-state index contributed by atoms with van der Waals surface area (Å²) in [5, 5.41) is 3.00. The topological polar surface area (TPSA) is 58.1 Å².